The Bertz CT molecular complexity index is 4570. The Morgan fingerprint density at radius 2 is 0.544 bits per heavy atom. The Morgan fingerprint density at radius 3 is 0.911 bits per heavy atom. The molecule has 0 spiro atoms. The summed E-state index contributed by atoms with van der Waals surface area (Å²) in [5, 5.41) is 3.54. The molecule has 0 aliphatic heterocycles. The second-order valence-corrected chi connectivity index (χ2v) is 27.8. The van der Waals surface area contributed by atoms with Crippen molar-refractivity contribution in [3.05, 3.63) is 325 Å². The van der Waals surface area contributed by atoms with Crippen LogP contribution >= 0.6 is 45.2 Å². The van der Waals surface area contributed by atoms with Crippen LogP contribution in [0.15, 0.2) is 273 Å². The van der Waals surface area contributed by atoms with Crippen LogP contribution in [0.3, 0.4) is 0 Å². The predicted molar refractivity (Wildman–Crippen MR) is 397 cm³/mol. The minimum atomic E-state index is -0.164. The maximum atomic E-state index is 4.71. The first kappa shape index (κ1) is 61.5. The molecule has 0 aliphatic carbocycles. The van der Waals surface area contributed by atoms with Crippen LogP contribution in [0.1, 0.15) is 107 Å². The van der Waals surface area contributed by atoms with E-state index < -0.39 is 0 Å². The standard InChI is InChI=1S/C46H38N4.C24H24I2.C11H8N2.CH4/c1-45(2,33-21-25-35(26-22-33)49-39-13-7-5-11-37(39)43-41(49)15-9-29-47-43)31-17-19-32(20-18-31)46(3,4)34-23-27-36(28-24-34)50-40-14-8-6-12-38(40)44-42(50)16-10-30-48-44;1-23(2,19-9-13-21(25)14-10-19)17-5-7-18(8-6-17)24(3,4)20-11-15-22(26)16-12-20;1-2-5-9-8(4-1)11-10(13-9)6-3-7-12-11;/h5-30H,1-4H3;5-16H,1-4H3;1-7,13H;1H4. The minimum absolute atomic E-state index is 0. The van der Waals surface area contributed by atoms with E-state index in [0.717, 1.165) is 50.0 Å². The number of nitrogens with zero attached hydrogens (tertiary/aromatic N) is 5. The molecule has 1 N–H and O–H groups in total. The molecule has 9 aromatic carbocycles. The number of para-hydroxylation sites is 3. The van der Waals surface area contributed by atoms with E-state index in [9.17, 15) is 0 Å². The fourth-order valence-electron chi connectivity index (χ4n) is 12.8. The van der Waals surface area contributed by atoms with Crippen molar-refractivity contribution in [2.24, 2.45) is 0 Å². The molecule has 0 fully saturated rings. The Balaban J connectivity index is 0.000000162. The average molecular weight is 1400 g/mol. The summed E-state index contributed by atoms with van der Waals surface area (Å²) >= 11 is 4.72. The molecule has 0 bridgehead atoms. The first-order valence-electron chi connectivity index (χ1n) is 30.4. The van der Waals surface area contributed by atoms with E-state index in [0.29, 0.717) is 0 Å². The number of fused-ring (bicyclic) bond motifs is 9. The molecule has 15 aromatic rings. The summed E-state index contributed by atoms with van der Waals surface area (Å²) in [5.41, 5.74) is 22.4. The van der Waals surface area contributed by atoms with Gasteiger partial charge < -0.3 is 14.1 Å². The van der Waals surface area contributed by atoms with Crippen LogP contribution in [-0.4, -0.2) is 29.1 Å². The third-order valence-corrected chi connectivity index (χ3v) is 20.0. The molecule has 15 rings (SSSR count). The van der Waals surface area contributed by atoms with Crippen molar-refractivity contribution >= 4 is 111 Å². The molecule has 0 radical (unpaired) electrons. The van der Waals surface area contributed by atoms with Gasteiger partial charge in [0.25, 0.3) is 0 Å². The normalized spacial score (nSPS) is 12.0. The van der Waals surface area contributed by atoms with Gasteiger partial charge in [-0.25, -0.2) is 0 Å². The number of pyridine rings is 3. The predicted octanol–water partition coefficient (Wildman–Crippen LogP) is 22.2. The summed E-state index contributed by atoms with van der Waals surface area (Å²) in [6.45, 7) is 18.5. The van der Waals surface area contributed by atoms with Gasteiger partial charge in [-0.2, -0.15) is 0 Å². The molecule has 0 amide bonds. The van der Waals surface area contributed by atoms with Crippen molar-refractivity contribution in [2.75, 3.05) is 0 Å². The van der Waals surface area contributed by atoms with E-state index in [2.05, 4.69) is 338 Å². The highest BCUT2D eigenvalue weighted by Crippen LogP contribution is 2.40. The number of hydrogen-bond donors (Lipinski definition) is 1. The lowest BCUT2D eigenvalue weighted by molar-refractivity contribution is 0.626. The maximum Gasteiger partial charge on any atom is 0.0963 e. The van der Waals surface area contributed by atoms with Crippen LogP contribution in [0.4, 0.5) is 0 Å². The van der Waals surface area contributed by atoms with Crippen molar-refractivity contribution in [3.63, 3.8) is 0 Å². The van der Waals surface area contributed by atoms with Crippen molar-refractivity contribution < 1.29 is 0 Å². The quantitative estimate of drug-likeness (QED) is 0.139. The van der Waals surface area contributed by atoms with Gasteiger partial charge in [-0.05, 0) is 193 Å². The van der Waals surface area contributed by atoms with Crippen molar-refractivity contribution in [3.8, 4) is 11.4 Å². The van der Waals surface area contributed by atoms with Gasteiger partial charge in [0.2, 0.25) is 0 Å². The minimum Gasteiger partial charge on any atom is -0.353 e. The van der Waals surface area contributed by atoms with E-state index in [4.69, 9.17) is 9.97 Å². The first-order chi connectivity index (χ1) is 43.0. The van der Waals surface area contributed by atoms with Gasteiger partial charge in [0.1, 0.15) is 0 Å². The van der Waals surface area contributed by atoms with Gasteiger partial charge in [-0.15, -0.1) is 0 Å². The summed E-state index contributed by atoms with van der Waals surface area (Å²) < 4.78 is 7.18. The number of aromatic nitrogens is 6. The lowest BCUT2D eigenvalue weighted by Gasteiger charge is -2.30. The van der Waals surface area contributed by atoms with E-state index in [1.807, 2.05) is 55.0 Å². The molecule has 0 saturated heterocycles. The fourth-order valence-corrected chi connectivity index (χ4v) is 13.6. The Kier molecular flexibility index (Phi) is 17.0. The maximum absolute atomic E-state index is 4.71. The van der Waals surface area contributed by atoms with Gasteiger partial charge in [0.05, 0.1) is 44.1 Å². The number of hydrogen-bond acceptors (Lipinski definition) is 3. The molecule has 0 aliphatic rings. The summed E-state index contributed by atoms with van der Waals surface area (Å²) in [4.78, 5) is 17.1. The zero-order valence-corrected chi connectivity index (χ0v) is 55.8. The van der Waals surface area contributed by atoms with Gasteiger partial charge in [-0.3, -0.25) is 15.0 Å². The molecule has 90 heavy (non-hydrogen) atoms. The summed E-state index contributed by atoms with van der Waals surface area (Å²) in [5.74, 6) is 0. The summed E-state index contributed by atoms with van der Waals surface area (Å²) in [7, 11) is 0. The molecular weight excluding hydrogens is 1320 g/mol. The van der Waals surface area contributed by atoms with E-state index >= 15 is 0 Å². The number of nitrogens with one attached hydrogen (secondary N) is 1. The molecule has 0 saturated carbocycles. The molecule has 0 atom stereocenters. The third kappa shape index (κ3) is 11.5. The zero-order chi connectivity index (χ0) is 61.7. The van der Waals surface area contributed by atoms with Crippen LogP contribution in [0.5, 0.6) is 0 Å². The Morgan fingerprint density at radius 1 is 0.278 bits per heavy atom. The Hall–Kier alpha value is -8.71. The third-order valence-electron chi connectivity index (χ3n) is 18.6. The molecule has 6 nitrogen and oxygen atoms in total. The van der Waals surface area contributed by atoms with E-state index in [-0.39, 0.29) is 29.1 Å². The van der Waals surface area contributed by atoms with Gasteiger partial charge in [-0.1, -0.05) is 214 Å². The number of aromatic amines is 1. The zero-order valence-electron chi connectivity index (χ0n) is 51.5. The number of H-pyrrole nitrogens is 1. The van der Waals surface area contributed by atoms with Crippen LogP contribution in [-0.2, 0) is 21.7 Å². The summed E-state index contributed by atoms with van der Waals surface area (Å²) in [6, 6.07) is 91.8. The lowest BCUT2D eigenvalue weighted by atomic mass is 9.74. The van der Waals surface area contributed by atoms with Crippen molar-refractivity contribution in [2.45, 2.75) is 84.5 Å². The smallest absolute Gasteiger partial charge is 0.0963 e. The SMILES string of the molecule is C.CC(C)(c1ccc(-n2c3ccccc3c3ncccc32)cc1)c1ccc(C(C)(C)c2ccc(-n3c4ccccc4c4ncccc43)cc2)cc1.CC(C)(c1ccc(I)cc1)c1ccc(C(C)(C)c2ccc(I)cc2)cc1.c1ccc2c(c1)[nH]c1cccnc12. The lowest BCUT2D eigenvalue weighted by Crippen LogP contribution is -2.21. The highest BCUT2D eigenvalue weighted by molar-refractivity contribution is 14.1. The highest BCUT2D eigenvalue weighted by atomic mass is 127. The molecular formula is C82H74I2N6. The average Bonchev–Trinajstić information content (AvgIpc) is 1.80. The monoisotopic (exact) mass is 1400 g/mol. The van der Waals surface area contributed by atoms with Crippen molar-refractivity contribution in [1.82, 2.24) is 29.1 Å². The van der Waals surface area contributed by atoms with Crippen LogP contribution in [0.25, 0.3) is 77.2 Å². The van der Waals surface area contributed by atoms with E-state index in [1.165, 1.54) is 78.8 Å². The van der Waals surface area contributed by atoms with Crippen LogP contribution in [0.2, 0.25) is 0 Å². The largest absolute Gasteiger partial charge is 0.353 e. The second-order valence-electron chi connectivity index (χ2n) is 25.3. The number of benzene rings is 9. The molecule has 6 aromatic heterocycles. The van der Waals surface area contributed by atoms with Gasteiger partial charge in [0, 0.05) is 80.4 Å². The molecule has 446 valence electrons. The van der Waals surface area contributed by atoms with Crippen molar-refractivity contribution in [1.29, 1.82) is 0 Å². The molecule has 0 unspecified atom stereocenters. The van der Waals surface area contributed by atoms with Crippen LogP contribution < -0.4 is 0 Å². The van der Waals surface area contributed by atoms with Crippen LogP contribution in [0, 0.1) is 7.14 Å². The highest BCUT2D eigenvalue weighted by Gasteiger charge is 2.29. The topological polar surface area (TPSA) is 64.3 Å². The fraction of sp³-hybridized carbons (Fsp3) is 0.159. The molecule has 6 heterocycles. The number of rotatable bonds is 10. The van der Waals surface area contributed by atoms with E-state index in [1.54, 1.807) is 0 Å². The Labute approximate surface area is 556 Å². The van der Waals surface area contributed by atoms with Gasteiger partial charge in [0.15, 0.2) is 0 Å². The summed E-state index contributed by atoms with van der Waals surface area (Å²) in [6.07, 6.45) is 5.57. The number of halogens is 2. The second kappa shape index (κ2) is 24.9. The molecule has 8 heteroatoms. The van der Waals surface area contributed by atoms with Gasteiger partial charge >= 0.3 is 0 Å². The first-order valence-corrected chi connectivity index (χ1v) is 32.6.